The predicted octanol–water partition coefficient (Wildman–Crippen LogP) is 5.02. The van der Waals surface area contributed by atoms with Gasteiger partial charge in [0.2, 0.25) is 0 Å². The van der Waals surface area contributed by atoms with E-state index in [-0.39, 0.29) is 17.9 Å². The second kappa shape index (κ2) is 9.23. The standard InChI is InChI=1S/C16H30N6O4Si/c1-14(2,3)26-13(24)16(19-21-17,20-22-18)12(23)10-9-11-25-27(7,8)15(4,5)6/h9-11H2,1-8H3. The van der Waals surface area contributed by atoms with Crippen molar-refractivity contribution in [2.45, 2.75) is 83.8 Å². The van der Waals surface area contributed by atoms with Crippen LogP contribution in [0.25, 0.3) is 20.9 Å². The zero-order chi connectivity index (χ0) is 21.5. The lowest BCUT2D eigenvalue weighted by molar-refractivity contribution is -0.163. The quantitative estimate of drug-likeness (QED) is 0.102. The Morgan fingerprint density at radius 1 is 1.00 bits per heavy atom. The summed E-state index contributed by atoms with van der Waals surface area (Å²) in [6.45, 7) is 15.5. The molecular formula is C16H30N6O4Si. The molecule has 0 saturated carbocycles. The summed E-state index contributed by atoms with van der Waals surface area (Å²) in [7, 11) is -1.97. The van der Waals surface area contributed by atoms with E-state index in [9.17, 15) is 9.59 Å². The SMILES string of the molecule is CC(C)(C)OC(=O)C(N=[N+]=[N-])(N=[N+]=[N-])C(=O)CCCO[Si](C)(C)C(C)(C)C. The monoisotopic (exact) mass is 398 g/mol. The first-order valence-corrected chi connectivity index (χ1v) is 11.6. The van der Waals surface area contributed by atoms with Crippen molar-refractivity contribution in [3.05, 3.63) is 20.9 Å². The molecule has 27 heavy (non-hydrogen) atoms. The summed E-state index contributed by atoms with van der Waals surface area (Å²) < 4.78 is 11.1. The highest BCUT2D eigenvalue weighted by Crippen LogP contribution is 2.36. The Bertz CT molecular complexity index is 635. The molecule has 0 aliphatic rings. The van der Waals surface area contributed by atoms with Gasteiger partial charge < -0.3 is 9.16 Å². The minimum Gasteiger partial charge on any atom is -0.459 e. The zero-order valence-electron chi connectivity index (χ0n) is 17.4. The van der Waals surface area contributed by atoms with E-state index in [2.05, 4.69) is 53.9 Å². The minimum absolute atomic E-state index is 0.0213. The number of carbonyl (C=O) groups excluding carboxylic acids is 2. The zero-order valence-corrected chi connectivity index (χ0v) is 18.4. The molecule has 0 saturated heterocycles. The molecule has 0 aromatic rings. The van der Waals surface area contributed by atoms with E-state index in [1.165, 1.54) is 0 Å². The van der Waals surface area contributed by atoms with E-state index < -0.39 is 31.3 Å². The Hall–Kier alpha value is -2.06. The molecular weight excluding hydrogens is 368 g/mol. The van der Waals surface area contributed by atoms with Gasteiger partial charge in [0.05, 0.1) is 0 Å². The van der Waals surface area contributed by atoms with Crippen molar-refractivity contribution in [3.8, 4) is 0 Å². The Labute approximate surface area is 161 Å². The number of ether oxygens (including phenoxy) is 1. The summed E-state index contributed by atoms with van der Waals surface area (Å²) in [5.41, 5.74) is 14.0. The molecule has 0 heterocycles. The van der Waals surface area contributed by atoms with Crippen LogP contribution in [-0.2, 0) is 18.8 Å². The van der Waals surface area contributed by atoms with Crippen LogP contribution in [0, 0.1) is 0 Å². The van der Waals surface area contributed by atoms with Gasteiger partial charge in [-0.3, -0.25) is 9.59 Å². The Balaban J connectivity index is 5.31. The van der Waals surface area contributed by atoms with Crippen LogP contribution in [0.2, 0.25) is 18.1 Å². The largest absolute Gasteiger partial charge is 0.459 e. The molecule has 10 nitrogen and oxygen atoms in total. The Morgan fingerprint density at radius 2 is 1.48 bits per heavy atom. The number of nitrogens with zero attached hydrogens (tertiary/aromatic N) is 6. The first-order valence-electron chi connectivity index (χ1n) is 8.66. The first kappa shape index (κ1) is 24.9. The molecule has 0 bridgehead atoms. The van der Waals surface area contributed by atoms with Gasteiger partial charge in [0.1, 0.15) is 5.60 Å². The van der Waals surface area contributed by atoms with Crippen LogP contribution < -0.4 is 0 Å². The second-order valence-electron chi connectivity index (χ2n) is 8.69. The third kappa shape index (κ3) is 7.22. The summed E-state index contributed by atoms with van der Waals surface area (Å²) in [4.78, 5) is 30.1. The molecule has 11 heteroatoms. The molecule has 0 fully saturated rings. The molecule has 0 aromatic carbocycles. The molecule has 0 aromatic heterocycles. The van der Waals surface area contributed by atoms with Crippen LogP contribution in [0.4, 0.5) is 0 Å². The minimum atomic E-state index is -2.59. The van der Waals surface area contributed by atoms with Gasteiger partial charge in [0.15, 0.2) is 14.1 Å². The molecule has 0 aliphatic carbocycles. The van der Waals surface area contributed by atoms with Gasteiger partial charge >= 0.3 is 5.97 Å². The van der Waals surface area contributed by atoms with E-state index >= 15 is 0 Å². The predicted molar refractivity (Wildman–Crippen MR) is 104 cm³/mol. The summed E-state index contributed by atoms with van der Waals surface area (Å²) in [5.74, 6) is -2.02. The molecule has 0 spiro atoms. The topological polar surface area (TPSA) is 150 Å². The lowest BCUT2D eigenvalue weighted by Crippen LogP contribution is -2.46. The van der Waals surface area contributed by atoms with Crippen molar-refractivity contribution >= 4 is 20.1 Å². The van der Waals surface area contributed by atoms with Crippen molar-refractivity contribution in [2.75, 3.05) is 6.61 Å². The van der Waals surface area contributed by atoms with Crippen LogP contribution in [-0.4, -0.2) is 37.9 Å². The van der Waals surface area contributed by atoms with Crippen LogP contribution >= 0.6 is 0 Å². The van der Waals surface area contributed by atoms with E-state index in [0.717, 1.165) is 0 Å². The maximum absolute atomic E-state index is 12.6. The number of rotatable bonds is 9. The van der Waals surface area contributed by atoms with Crippen LogP contribution in [0.1, 0.15) is 54.4 Å². The maximum atomic E-state index is 12.6. The molecule has 0 atom stereocenters. The molecule has 0 N–H and O–H groups in total. The number of carbonyl (C=O) groups is 2. The summed E-state index contributed by atoms with van der Waals surface area (Å²) in [6, 6.07) is 0. The van der Waals surface area contributed by atoms with E-state index in [4.69, 9.17) is 20.2 Å². The third-order valence-corrected chi connectivity index (χ3v) is 8.81. The number of ketones is 1. The average Bonchev–Trinajstić information content (AvgIpc) is 2.48. The summed E-state index contributed by atoms with van der Waals surface area (Å²) in [6.07, 6.45) is 0.129. The second-order valence-corrected chi connectivity index (χ2v) is 13.5. The van der Waals surface area contributed by atoms with E-state index in [1.807, 2.05) is 0 Å². The highest BCUT2D eigenvalue weighted by Gasteiger charge is 2.47. The third-order valence-electron chi connectivity index (χ3n) is 4.27. The van der Waals surface area contributed by atoms with Crippen molar-refractivity contribution < 1.29 is 18.8 Å². The average molecular weight is 399 g/mol. The molecule has 0 radical (unpaired) electrons. The number of azide groups is 1. The fourth-order valence-corrected chi connectivity index (χ4v) is 2.84. The van der Waals surface area contributed by atoms with Gasteiger partial charge in [-0.1, -0.05) is 31.0 Å². The molecule has 0 amide bonds. The Kier molecular flexibility index (Phi) is 8.52. The van der Waals surface area contributed by atoms with Crippen molar-refractivity contribution in [3.63, 3.8) is 0 Å². The van der Waals surface area contributed by atoms with E-state index in [0.29, 0.717) is 6.61 Å². The van der Waals surface area contributed by atoms with E-state index in [1.54, 1.807) is 20.8 Å². The summed E-state index contributed by atoms with van der Waals surface area (Å²) in [5, 5.41) is 6.42. The maximum Gasteiger partial charge on any atom is 0.332 e. The smallest absolute Gasteiger partial charge is 0.332 e. The van der Waals surface area contributed by atoms with Gasteiger partial charge in [0, 0.05) is 22.9 Å². The van der Waals surface area contributed by atoms with Gasteiger partial charge in [-0.2, -0.15) is 0 Å². The number of hydrogen-bond acceptors (Lipinski definition) is 6. The van der Waals surface area contributed by atoms with Gasteiger partial charge in [-0.05, 0) is 56.4 Å². The fourth-order valence-electron chi connectivity index (χ4n) is 1.76. The number of Topliss-reactive ketones (excluding diaryl/α,β-unsaturated/α-hetero) is 1. The normalized spacial score (nSPS) is 14.4. The first-order chi connectivity index (χ1) is 12.1. The van der Waals surface area contributed by atoms with Crippen molar-refractivity contribution in [2.24, 2.45) is 10.2 Å². The lowest BCUT2D eigenvalue weighted by atomic mass is 10.0. The lowest BCUT2D eigenvalue weighted by Gasteiger charge is -2.36. The van der Waals surface area contributed by atoms with Gasteiger partial charge in [-0.25, -0.2) is 0 Å². The van der Waals surface area contributed by atoms with Gasteiger partial charge in [0.25, 0.3) is 5.66 Å². The van der Waals surface area contributed by atoms with Crippen molar-refractivity contribution in [1.82, 2.24) is 0 Å². The highest BCUT2D eigenvalue weighted by molar-refractivity contribution is 6.74. The highest BCUT2D eigenvalue weighted by atomic mass is 28.4. The van der Waals surface area contributed by atoms with Crippen molar-refractivity contribution in [1.29, 1.82) is 0 Å². The van der Waals surface area contributed by atoms with Crippen LogP contribution in [0.5, 0.6) is 0 Å². The van der Waals surface area contributed by atoms with Gasteiger partial charge in [-0.15, -0.1) is 0 Å². The number of hydrogen-bond donors (Lipinski definition) is 0. The molecule has 0 aliphatic heterocycles. The van der Waals surface area contributed by atoms with Crippen LogP contribution in [0.15, 0.2) is 10.2 Å². The molecule has 0 unspecified atom stereocenters. The number of esters is 1. The summed E-state index contributed by atoms with van der Waals surface area (Å²) >= 11 is 0. The fraction of sp³-hybridized carbons (Fsp3) is 0.875. The Morgan fingerprint density at radius 3 is 1.85 bits per heavy atom. The molecule has 152 valence electrons. The van der Waals surface area contributed by atoms with Crippen LogP contribution in [0.3, 0.4) is 0 Å². The molecule has 0 rings (SSSR count).